The molecule has 0 radical (unpaired) electrons. The van der Waals surface area contributed by atoms with E-state index in [1.165, 1.54) is 30.3 Å². The predicted octanol–water partition coefficient (Wildman–Crippen LogP) is 3.51. The average molecular weight is 383 g/mol. The first-order valence-corrected chi connectivity index (χ1v) is 9.18. The molecule has 6 heteroatoms. The Morgan fingerprint density at radius 2 is 1.64 bits per heavy atom. The van der Waals surface area contributed by atoms with Crippen LogP contribution in [-0.2, 0) is 4.79 Å². The number of hydrogen-bond acceptors (Lipinski definition) is 3. The Hall–Kier alpha value is -2.99. The van der Waals surface area contributed by atoms with E-state index in [-0.39, 0.29) is 23.2 Å². The summed E-state index contributed by atoms with van der Waals surface area (Å²) in [6, 6.07) is 12.2. The standard InChI is InChI=1S/C22H22FNO4/c23-19-8-6-16(7-9-19)21(26)17-11-13-24(14-12-17)20(25)10-3-15-1-4-18(5-2-15)22(27)28/h1-10,17,21,26H,11-14H2,(H,27,28). The normalized spacial score (nSPS) is 16.3. The van der Waals surface area contributed by atoms with Crippen molar-refractivity contribution in [3.8, 4) is 0 Å². The van der Waals surface area contributed by atoms with Gasteiger partial charge >= 0.3 is 5.97 Å². The van der Waals surface area contributed by atoms with E-state index in [9.17, 15) is 19.1 Å². The second kappa shape index (κ2) is 8.80. The maximum Gasteiger partial charge on any atom is 0.335 e. The van der Waals surface area contributed by atoms with Gasteiger partial charge in [0.2, 0.25) is 5.91 Å². The maximum absolute atomic E-state index is 13.0. The van der Waals surface area contributed by atoms with Gasteiger partial charge in [-0.2, -0.15) is 0 Å². The fraction of sp³-hybridized carbons (Fsp3) is 0.273. The van der Waals surface area contributed by atoms with Crippen molar-refractivity contribution < 1.29 is 24.2 Å². The van der Waals surface area contributed by atoms with Crippen LogP contribution in [0.4, 0.5) is 4.39 Å². The number of halogens is 1. The van der Waals surface area contributed by atoms with Gasteiger partial charge in [-0.25, -0.2) is 9.18 Å². The summed E-state index contributed by atoms with van der Waals surface area (Å²) in [7, 11) is 0. The molecule has 2 N–H and O–H groups in total. The van der Waals surface area contributed by atoms with Gasteiger partial charge in [0.15, 0.2) is 0 Å². The third-order valence-corrected chi connectivity index (χ3v) is 5.09. The van der Waals surface area contributed by atoms with E-state index in [0.717, 1.165) is 5.56 Å². The van der Waals surface area contributed by atoms with E-state index < -0.39 is 12.1 Å². The van der Waals surface area contributed by atoms with Crippen LogP contribution in [0.5, 0.6) is 0 Å². The largest absolute Gasteiger partial charge is 0.478 e. The Morgan fingerprint density at radius 3 is 2.21 bits per heavy atom. The highest BCUT2D eigenvalue weighted by Crippen LogP contribution is 2.30. The molecule has 1 aliphatic heterocycles. The van der Waals surface area contributed by atoms with Crippen molar-refractivity contribution >= 4 is 18.0 Å². The van der Waals surface area contributed by atoms with Crippen molar-refractivity contribution in [2.75, 3.05) is 13.1 Å². The molecule has 5 nitrogen and oxygen atoms in total. The number of rotatable bonds is 5. The maximum atomic E-state index is 13.0. The van der Waals surface area contributed by atoms with Crippen LogP contribution >= 0.6 is 0 Å². The Labute approximate surface area is 162 Å². The van der Waals surface area contributed by atoms with Gasteiger partial charge in [0.05, 0.1) is 11.7 Å². The van der Waals surface area contributed by atoms with Crippen molar-refractivity contribution in [3.63, 3.8) is 0 Å². The molecule has 0 aliphatic carbocycles. The highest BCUT2D eigenvalue weighted by molar-refractivity contribution is 5.92. The van der Waals surface area contributed by atoms with Crippen molar-refractivity contribution in [2.24, 2.45) is 5.92 Å². The number of aliphatic hydroxyl groups excluding tert-OH is 1. The first kappa shape index (κ1) is 19.8. The molecule has 28 heavy (non-hydrogen) atoms. The molecule has 1 atom stereocenters. The summed E-state index contributed by atoms with van der Waals surface area (Å²) in [4.78, 5) is 25.0. The number of carboxylic acid groups (broad SMARTS) is 1. The quantitative estimate of drug-likeness (QED) is 0.775. The number of likely N-dealkylation sites (tertiary alicyclic amines) is 1. The Bertz CT molecular complexity index is 853. The summed E-state index contributed by atoms with van der Waals surface area (Å²) < 4.78 is 13.0. The zero-order chi connectivity index (χ0) is 20.1. The number of carbonyl (C=O) groups is 2. The topological polar surface area (TPSA) is 77.8 Å². The zero-order valence-corrected chi connectivity index (χ0v) is 15.3. The van der Waals surface area contributed by atoms with Crippen LogP contribution in [0.15, 0.2) is 54.6 Å². The third kappa shape index (κ3) is 4.84. The summed E-state index contributed by atoms with van der Waals surface area (Å²) in [6.07, 6.45) is 3.82. The molecule has 2 aromatic rings. The zero-order valence-electron chi connectivity index (χ0n) is 15.3. The van der Waals surface area contributed by atoms with Crippen molar-refractivity contribution in [1.29, 1.82) is 0 Å². The lowest BCUT2D eigenvalue weighted by atomic mass is 9.87. The van der Waals surface area contributed by atoms with Gasteiger partial charge in [0.25, 0.3) is 0 Å². The summed E-state index contributed by atoms with van der Waals surface area (Å²) in [6.45, 7) is 1.09. The highest BCUT2D eigenvalue weighted by Gasteiger charge is 2.27. The molecule has 0 spiro atoms. The van der Waals surface area contributed by atoms with Crippen LogP contribution in [0.25, 0.3) is 6.08 Å². The van der Waals surface area contributed by atoms with E-state index in [2.05, 4.69) is 0 Å². The number of piperidine rings is 1. The second-order valence-corrected chi connectivity index (χ2v) is 6.92. The number of amides is 1. The third-order valence-electron chi connectivity index (χ3n) is 5.09. The Balaban J connectivity index is 1.53. The van der Waals surface area contributed by atoms with Crippen molar-refractivity contribution in [1.82, 2.24) is 4.90 Å². The molecule has 3 rings (SSSR count). The van der Waals surface area contributed by atoms with Crippen molar-refractivity contribution in [3.05, 3.63) is 77.1 Å². The monoisotopic (exact) mass is 383 g/mol. The number of nitrogens with zero attached hydrogens (tertiary/aromatic N) is 1. The lowest BCUT2D eigenvalue weighted by Crippen LogP contribution is -2.38. The lowest BCUT2D eigenvalue weighted by molar-refractivity contribution is -0.127. The minimum atomic E-state index is -0.989. The number of hydrogen-bond donors (Lipinski definition) is 2. The van der Waals surface area contributed by atoms with Crippen LogP contribution < -0.4 is 0 Å². The molecule has 1 aliphatic rings. The van der Waals surface area contributed by atoms with Crippen molar-refractivity contribution in [2.45, 2.75) is 18.9 Å². The van der Waals surface area contributed by atoms with Gasteiger partial charge in [-0.1, -0.05) is 24.3 Å². The molecule has 146 valence electrons. The van der Waals surface area contributed by atoms with Crippen LogP contribution in [-0.4, -0.2) is 40.1 Å². The van der Waals surface area contributed by atoms with Gasteiger partial charge < -0.3 is 15.1 Å². The van der Waals surface area contributed by atoms with Gasteiger partial charge in [-0.3, -0.25) is 4.79 Å². The van der Waals surface area contributed by atoms with Gasteiger partial charge in [-0.15, -0.1) is 0 Å². The van der Waals surface area contributed by atoms with Gasteiger partial charge in [0.1, 0.15) is 5.82 Å². The predicted molar refractivity (Wildman–Crippen MR) is 103 cm³/mol. The molecule has 1 unspecified atom stereocenters. The first-order valence-electron chi connectivity index (χ1n) is 9.18. The molecular formula is C22H22FNO4. The fourth-order valence-corrected chi connectivity index (χ4v) is 3.38. The first-order chi connectivity index (χ1) is 13.4. The fourth-order valence-electron chi connectivity index (χ4n) is 3.38. The summed E-state index contributed by atoms with van der Waals surface area (Å²) in [5, 5.41) is 19.4. The van der Waals surface area contributed by atoms with E-state index in [4.69, 9.17) is 5.11 Å². The summed E-state index contributed by atoms with van der Waals surface area (Å²) >= 11 is 0. The summed E-state index contributed by atoms with van der Waals surface area (Å²) in [5.41, 5.74) is 1.64. The number of aliphatic hydroxyl groups is 1. The minimum absolute atomic E-state index is 0.0297. The van der Waals surface area contributed by atoms with Crippen LogP contribution in [0, 0.1) is 11.7 Å². The molecule has 0 bridgehead atoms. The minimum Gasteiger partial charge on any atom is -0.478 e. The SMILES string of the molecule is O=C(O)c1ccc(C=CC(=O)N2CCC(C(O)c3ccc(F)cc3)CC2)cc1. The lowest BCUT2D eigenvalue weighted by Gasteiger charge is -2.34. The molecule has 0 aromatic heterocycles. The van der Waals surface area contributed by atoms with E-state index in [1.807, 2.05) is 0 Å². The second-order valence-electron chi connectivity index (χ2n) is 6.92. The molecule has 1 heterocycles. The Kier molecular flexibility index (Phi) is 6.21. The van der Waals surface area contributed by atoms with Crippen LogP contribution in [0.3, 0.4) is 0 Å². The molecule has 1 amide bonds. The highest BCUT2D eigenvalue weighted by atomic mass is 19.1. The number of carboxylic acids is 1. The van der Waals surface area contributed by atoms with E-state index in [0.29, 0.717) is 31.5 Å². The molecule has 1 fully saturated rings. The number of aromatic carboxylic acids is 1. The molecule has 2 aromatic carbocycles. The van der Waals surface area contributed by atoms with E-state index >= 15 is 0 Å². The number of carbonyl (C=O) groups excluding carboxylic acids is 1. The molecular weight excluding hydrogens is 361 g/mol. The van der Waals surface area contributed by atoms with Crippen LogP contribution in [0.2, 0.25) is 0 Å². The van der Waals surface area contributed by atoms with Gasteiger partial charge in [-0.05, 0) is 60.2 Å². The smallest absolute Gasteiger partial charge is 0.335 e. The Morgan fingerprint density at radius 1 is 1.04 bits per heavy atom. The van der Waals surface area contributed by atoms with Crippen LogP contribution in [0.1, 0.15) is 40.4 Å². The molecule has 0 saturated carbocycles. The molecule has 1 saturated heterocycles. The van der Waals surface area contributed by atoms with Gasteiger partial charge in [0, 0.05) is 19.2 Å². The summed E-state index contributed by atoms with van der Waals surface area (Å²) in [5.74, 6) is -1.41. The van der Waals surface area contributed by atoms with E-state index in [1.54, 1.807) is 35.2 Å². The number of benzene rings is 2. The average Bonchev–Trinajstić information content (AvgIpc) is 2.72.